The van der Waals surface area contributed by atoms with Gasteiger partial charge in [0.15, 0.2) is 17.3 Å². The van der Waals surface area contributed by atoms with E-state index in [1.165, 1.54) is 18.6 Å². The molecule has 4 saturated carbocycles. The number of methoxy groups -OCH3 is 1. The van der Waals surface area contributed by atoms with Crippen LogP contribution in [0.15, 0.2) is 46.3 Å². The summed E-state index contributed by atoms with van der Waals surface area (Å²) < 4.78 is 44.0. The van der Waals surface area contributed by atoms with Gasteiger partial charge in [-0.2, -0.15) is 0 Å². The molecule has 3 N–H and O–H groups in total. The molecule has 4 bridgehead atoms. The van der Waals surface area contributed by atoms with E-state index in [1.807, 2.05) is 20.8 Å². The van der Waals surface area contributed by atoms with Crippen LogP contribution in [0.2, 0.25) is 0 Å². The van der Waals surface area contributed by atoms with Crippen LogP contribution in [0.3, 0.4) is 0 Å². The molecule has 1 aromatic heterocycles. The van der Waals surface area contributed by atoms with Gasteiger partial charge in [0.2, 0.25) is 0 Å². The number of hydrogen-bond donors (Lipinski definition) is 3. The zero-order valence-corrected chi connectivity index (χ0v) is 29.6. The van der Waals surface area contributed by atoms with Crippen molar-refractivity contribution in [2.75, 3.05) is 7.11 Å². The van der Waals surface area contributed by atoms with E-state index in [0.29, 0.717) is 24.0 Å². The molecule has 13 heteroatoms. The van der Waals surface area contributed by atoms with Crippen molar-refractivity contribution >= 4 is 17.9 Å². The summed E-state index contributed by atoms with van der Waals surface area (Å²) in [6.45, 7) is 12.4. The molecule has 272 valence electrons. The quantitative estimate of drug-likeness (QED) is 0.215. The van der Waals surface area contributed by atoms with Crippen molar-refractivity contribution in [3.8, 4) is 0 Å². The average Bonchev–Trinajstić information content (AvgIpc) is 3.87. The molecule has 4 heterocycles. The number of furan rings is 1. The SMILES string of the molecule is CC=C(C)C(=O)O[C@H]1[C@]2(C)C[C@]3(O)[C@@]1(O)[C@H]1O[C@@]4([C@H](C)CC)O[C@@]5(CC[C@]6(C)C(=CC(=O)O[C@H]6c6ccoc6)[C@@]15O4)[C@]3(C)[C@H]2[C@@H](O)C(=O)OC. The Morgan fingerprint density at radius 2 is 1.88 bits per heavy atom. The van der Waals surface area contributed by atoms with Crippen molar-refractivity contribution in [1.29, 1.82) is 0 Å². The maximum atomic E-state index is 13.7. The van der Waals surface area contributed by atoms with Gasteiger partial charge in [0, 0.05) is 45.3 Å². The standard InChI is InChI=1S/C37H46O13/c1-9-18(3)26(40)47-28-31(6)17-33(42)32(7,24(31)23(39)27(41)44-8)34-13-12-30(5)21(15-22(38)46-25(30)20-11-14-45-16-20)36(34)29(35(28,33)43)48-37(49-34,50-36)19(4)10-2/h9,11,14-16,19,23-25,28-29,39,42-43H,10,12-13,17H2,1-8H3/t19-,23-,24+,25+,28+,29-,30-,31-,32-,33-,34+,35+,36-,37+/m1/s1. The highest BCUT2D eigenvalue weighted by molar-refractivity contribution is 5.88. The second-order valence-electron chi connectivity index (χ2n) is 16.3. The molecular weight excluding hydrogens is 652 g/mol. The molecule has 14 atom stereocenters. The van der Waals surface area contributed by atoms with Crippen LogP contribution in [0, 0.1) is 28.1 Å². The number of rotatable bonds is 7. The van der Waals surface area contributed by atoms with Crippen LogP contribution in [0.1, 0.15) is 85.8 Å². The lowest BCUT2D eigenvalue weighted by Crippen LogP contribution is -2.92. The largest absolute Gasteiger partial charge is 0.472 e. The van der Waals surface area contributed by atoms with Crippen molar-refractivity contribution in [2.45, 2.75) is 127 Å². The van der Waals surface area contributed by atoms with Gasteiger partial charge in [-0.25, -0.2) is 14.4 Å². The molecule has 0 unspecified atom stereocenters. The molecule has 0 radical (unpaired) electrons. The lowest BCUT2D eigenvalue weighted by Gasteiger charge is -2.75. The summed E-state index contributed by atoms with van der Waals surface area (Å²) in [6.07, 6.45) is 1.14. The Morgan fingerprint density at radius 1 is 1.16 bits per heavy atom. The first-order valence-corrected chi connectivity index (χ1v) is 17.5. The Bertz CT molecular complexity index is 1750. The topological polar surface area (TPSA) is 180 Å². The second-order valence-corrected chi connectivity index (χ2v) is 16.3. The van der Waals surface area contributed by atoms with E-state index in [-0.39, 0.29) is 18.4 Å². The summed E-state index contributed by atoms with van der Waals surface area (Å²) in [5, 5.41) is 39.0. The summed E-state index contributed by atoms with van der Waals surface area (Å²) in [5.41, 5.74) is -10.8. The van der Waals surface area contributed by atoms with E-state index < -0.39 is 98.8 Å². The zero-order chi connectivity index (χ0) is 36.2. The van der Waals surface area contributed by atoms with Gasteiger partial charge in [0.25, 0.3) is 5.97 Å². The molecule has 8 rings (SSSR count). The minimum absolute atomic E-state index is 0.183. The van der Waals surface area contributed by atoms with Crippen molar-refractivity contribution in [3.63, 3.8) is 0 Å². The molecule has 0 amide bonds. The van der Waals surface area contributed by atoms with E-state index in [9.17, 15) is 29.7 Å². The summed E-state index contributed by atoms with van der Waals surface area (Å²) >= 11 is 0. The fourth-order valence-corrected chi connectivity index (χ4v) is 12.1. The summed E-state index contributed by atoms with van der Waals surface area (Å²) in [7, 11) is 1.15. The van der Waals surface area contributed by atoms with Gasteiger partial charge in [-0.1, -0.05) is 40.7 Å². The maximum absolute atomic E-state index is 13.7. The molecule has 50 heavy (non-hydrogen) atoms. The predicted octanol–water partition coefficient (Wildman–Crippen LogP) is 3.16. The number of ether oxygens (including phenoxy) is 6. The predicted molar refractivity (Wildman–Crippen MR) is 169 cm³/mol. The van der Waals surface area contributed by atoms with E-state index in [0.717, 1.165) is 7.11 Å². The van der Waals surface area contributed by atoms with Gasteiger partial charge in [-0.3, -0.25) is 0 Å². The first-order valence-electron chi connectivity index (χ1n) is 17.5. The lowest BCUT2D eigenvalue weighted by molar-refractivity contribution is -0.457. The normalized spacial score (nSPS) is 50.6. The summed E-state index contributed by atoms with van der Waals surface area (Å²) in [4.78, 5) is 40.7. The fraction of sp³-hybridized carbons (Fsp3) is 0.703. The third-order valence-corrected chi connectivity index (χ3v) is 14.5. The minimum atomic E-state index is -2.40. The Kier molecular flexibility index (Phi) is 6.72. The number of carbonyl (C=O) groups is 3. The number of aliphatic hydroxyl groups excluding tert-OH is 1. The van der Waals surface area contributed by atoms with Crippen LogP contribution < -0.4 is 0 Å². The minimum Gasteiger partial charge on any atom is -0.472 e. The Morgan fingerprint density at radius 3 is 2.50 bits per heavy atom. The second kappa shape index (κ2) is 9.87. The van der Waals surface area contributed by atoms with Crippen LogP contribution in [0.5, 0.6) is 0 Å². The van der Waals surface area contributed by atoms with Crippen molar-refractivity contribution in [2.24, 2.45) is 28.1 Å². The smallest absolute Gasteiger partial charge is 0.335 e. The fourth-order valence-electron chi connectivity index (χ4n) is 12.1. The van der Waals surface area contributed by atoms with Crippen LogP contribution in [-0.2, 0) is 42.8 Å². The molecular formula is C37H46O13. The highest BCUT2D eigenvalue weighted by Gasteiger charge is 3.03. The van der Waals surface area contributed by atoms with Crippen molar-refractivity contribution < 1.29 is 62.5 Å². The number of aliphatic hydroxyl groups is 3. The summed E-state index contributed by atoms with van der Waals surface area (Å²) in [5.74, 6) is -5.83. The first-order chi connectivity index (χ1) is 23.4. The zero-order valence-electron chi connectivity index (χ0n) is 29.6. The highest BCUT2D eigenvalue weighted by Crippen LogP contribution is 2.88. The van der Waals surface area contributed by atoms with E-state index in [4.69, 9.17) is 32.8 Å². The number of allylic oxidation sites excluding steroid dienone is 1. The molecule has 3 aliphatic heterocycles. The Labute approximate surface area is 289 Å². The molecule has 1 aromatic rings. The van der Waals surface area contributed by atoms with Gasteiger partial charge in [-0.05, 0) is 51.2 Å². The average molecular weight is 699 g/mol. The number of fused-ring (bicyclic) bond motifs is 4. The highest BCUT2D eigenvalue weighted by atomic mass is 17.0. The van der Waals surface area contributed by atoms with E-state index in [1.54, 1.807) is 39.8 Å². The Hall–Kier alpha value is -3.07. The molecule has 6 fully saturated rings. The van der Waals surface area contributed by atoms with Gasteiger partial charge >= 0.3 is 17.9 Å². The Balaban J connectivity index is 1.46. The first kappa shape index (κ1) is 34.0. The maximum Gasteiger partial charge on any atom is 0.335 e. The molecule has 2 saturated heterocycles. The van der Waals surface area contributed by atoms with Crippen LogP contribution >= 0.6 is 0 Å². The monoisotopic (exact) mass is 698 g/mol. The molecule has 7 aliphatic rings. The van der Waals surface area contributed by atoms with Crippen LogP contribution in [0.25, 0.3) is 0 Å². The lowest BCUT2D eigenvalue weighted by atomic mass is 9.34. The number of esters is 3. The van der Waals surface area contributed by atoms with Crippen molar-refractivity contribution in [1.82, 2.24) is 0 Å². The van der Waals surface area contributed by atoms with Crippen molar-refractivity contribution in [3.05, 3.63) is 47.5 Å². The third kappa shape index (κ3) is 3.23. The molecule has 1 spiro atoms. The molecule has 13 nitrogen and oxygen atoms in total. The number of carbonyl (C=O) groups excluding carboxylic acids is 3. The molecule has 0 aromatic carbocycles. The van der Waals surface area contributed by atoms with E-state index >= 15 is 0 Å². The van der Waals surface area contributed by atoms with Gasteiger partial charge in [-0.15, -0.1) is 0 Å². The number of hydrogen-bond acceptors (Lipinski definition) is 13. The van der Waals surface area contributed by atoms with Crippen LogP contribution in [0.4, 0.5) is 0 Å². The van der Waals surface area contributed by atoms with Gasteiger partial charge in [0.1, 0.15) is 29.5 Å². The summed E-state index contributed by atoms with van der Waals surface area (Å²) in [6, 6.07) is 1.72. The van der Waals surface area contributed by atoms with Crippen LogP contribution in [-0.4, -0.2) is 87.0 Å². The third-order valence-electron chi connectivity index (χ3n) is 14.5. The van der Waals surface area contributed by atoms with E-state index in [2.05, 4.69) is 0 Å². The van der Waals surface area contributed by atoms with Gasteiger partial charge in [0.05, 0.1) is 19.6 Å². The van der Waals surface area contributed by atoms with Gasteiger partial charge < -0.3 is 48.2 Å². The molecule has 4 aliphatic carbocycles. The number of cyclic esters (lactones) is 1.